The van der Waals surface area contributed by atoms with Gasteiger partial charge in [0.05, 0.1) is 11.4 Å². The van der Waals surface area contributed by atoms with Gasteiger partial charge in [0.15, 0.2) is 0 Å². The molecule has 0 atom stereocenters. The second-order valence-corrected chi connectivity index (χ2v) is 5.53. The van der Waals surface area contributed by atoms with E-state index in [2.05, 4.69) is 37.9 Å². The third kappa shape index (κ3) is 1.82. The molecular weight excluding hydrogens is 194 g/mol. The standard InChI is InChI=1S/C11H15NOS/c1-11(2,3)9-5-4-8(14-9)10-12-6-7-13-10/h4-5H,6-7H2,1-3H3. The van der Waals surface area contributed by atoms with Crippen molar-refractivity contribution in [2.45, 2.75) is 26.2 Å². The minimum absolute atomic E-state index is 0.224. The Morgan fingerprint density at radius 1 is 1.36 bits per heavy atom. The molecule has 0 N–H and O–H groups in total. The molecule has 0 amide bonds. The highest BCUT2D eigenvalue weighted by Crippen LogP contribution is 2.30. The molecule has 2 rings (SSSR count). The third-order valence-corrected chi connectivity index (χ3v) is 3.64. The van der Waals surface area contributed by atoms with Crippen LogP contribution in [0, 0.1) is 0 Å². The van der Waals surface area contributed by atoms with Crippen LogP contribution in [0.25, 0.3) is 0 Å². The van der Waals surface area contributed by atoms with Crippen molar-refractivity contribution >= 4 is 17.2 Å². The summed E-state index contributed by atoms with van der Waals surface area (Å²) in [7, 11) is 0. The summed E-state index contributed by atoms with van der Waals surface area (Å²) in [4.78, 5) is 6.85. The predicted molar refractivity (Wildman–Crippen MR) is 60.4 cm³/mol. The van der Waals surface area contributed by atoms with Crippen LogP contribution in [0.3, 0.4) is 0 Å². The molecule has 0 unspecified atom stereocenters. The first-order chi connectivity index (χ1) is 6.57. The summed E-state index contributed by atoms with van der Waals surface area (Å²) in [6.07, 6.45) is 0. The van der Waals surface area contributed by atoms with E-state index < -0.39 is 0 Å². The lowest BCUT2D eigenvalue weighted by molar-refractivity contribution is 0.349. The maximum absolute atomic E-state index is 5.43. The van der Waals surface area contributed by atoms with Crippen molar-refractivity contribution in [3.05, 3.63) is 21.9 Å². The van der Waals surface area contributed by atoms with Gasteiger partial charge in [-0.3, -0.25) is 0 Å². The van der Waals surface area contributed by atoms with E-state index in [0.717, 1.165) is 23.9 Å². The van der Waals surface area contributed by atoms with Gasteiger partial charge in [-0.05, 0) is 17.5 Å². The van der Waals surface area contributed by atoms with Gasteiger partial charge in [0.25, 0.3) is 0 Å². The van der Waals surface area contributed by atoms with Crippen LogP contribution in [0.2, 0.25) is 0 Å². The molecule has 2 nitrogen and oxygen atoms in total. The molecule has 76 valence electrons. The van der Waals surface area contributed by atoms with E-state index in [1.165, 1.54) is 4.88 Å². The summed E-state index contributed by atoms with van der Waals surface area (Å²) in [6, 6.07) is 4.28. The second-order valence-electron chi connectivity index (χ2n) is 4.45. The highest BCUT2D eigenvalue weighted by Gasteiger charge is 2.19. The quantitative estimate of drug-likeness (QED) is 0.697. The van der Waals surface area contributed by atoms with Crippen LogP contribution in [-0.4, -0.2) is 19.0 Å². The number of hydrogen-bond acceptors (Lipinski definition) is 3. The molecule has 0 aliphatic carbocycles. The number of nitrogens with zero attached hydrogens (tertiary/aromatic N) is 1. The van der Waals surface area contributed by atoms with E-state index >= 15 is 0 Å². The van der Waals surface area contributed by atoms with Crippen molar-refractivity contribution in [2.24, 2.45) is 4.99 Å². The Labute approximate surface area is 88.6 Å². The van der Waals surface area contributed by atoms with Crippen LogP contribution >= 0.6 is 11.3 Å². The van der Waals surface area contributed by atoms with Crippen LogP contribution in [0.15, 0.2) is 17.1 Å². The average molecular weight is 209 g/mol. The molecular formula is C11H15NOS. The molecule has 0 fully saturated rings. The van der Waals surface area contributed by atoms with Crippen molar-refractivity contribution in [3.63, 3.8) is 0 Å². The van der Waals surface area contributed by atoms with E-state index in [0.29, 0.717) is 0 Å². The number of hydrogen-bond donors (Lipinski definition) is 0. The van der Waals surface area contributed by atoms with Crippen molar-refractivity contribution in [2.75, 3.05) is 13.2 Å². The summed E-state index contributed by atoms with van der Waals surface area (Å²) in [6.45, 7) is 8.20. The Hall–Kier alpha value is -0.830. The summed E-state index contributed by atoms with van der Waals surface area (Å²) in [5.41, 5.74) is 0.224. The van der Waals surface area contributed by atoms with E-state index in [4.69, 9.17) is 4.74 Å². The molecule has 0 spiro atoms. The molecule has 3 heteroatoms. The average Bonchev–Trinajstić information content (AvgIpc) is 2.73. The molecule has 1 aromatic rings. The summed E-state index contributed by atoms with van der Waals surface area (Å²) in [5, 5.41) is 0. The predicted octanol–water partition coefficient (Wildman–Crippen LogP) is 2.82. The Morgan fingerprint density at radius 2 is 2.14 bits per heavy atom. The van der Waals surface area contributed by atoms with Gasteiger partial charge in [0.2, 0.25) is 5.90 Å². The Balaban J connectivity index is 2.26. The minimum atomic E-state index is 0.224. The fourth-order valence-corrected chi connectivity index (χ4v) is 2.37. The van der Waals surface area contributed by atoms with Crippen LogP contribution in [0.1, 0.15) is 30.5 Å². The first-order valence-corrected chi connectivity index (χ1v) is 5.67. The lowest BCUT2D eigenvalue weighted by Gasteiger charge is -2.15. The van der Waals surface area contributed by atoms with E-state index in [-0.39, 0.29) is 5.41 Å². The maximum Gasteiger partial charge on any atom is 0.226 e. The van der Waals surface area contributed by atoms with Gasteiger partial charge in [0.1, 0.15) is 6.61 Å². The van der Waals surface area contributed by atoms with Gasteiger partial charge >= 0.3 is 0 Å². The Kier molecular flexibility index (Phi) is 2.35. The molecule has 1 aromatic heterocycles. The summed E-state index contributed by atoms with van der Waals surface area (Å²) in [5.74, 6) is 0.825. The van der Waals surface area contributed by atoms with Crippen molar-refractivity contribution < 1.29 is 4.74 Å². The molecule has 0 aromatic carbocycles. The number of ether oxygens (including phenoxy) is 1. The Morgan fingerprint density at radius 3 is 2.64 bits per heavy atom. The molecule has 0 bridgehead atoms. The normalized spacial score (nSPS) is 16.6. The lowest BCUT2D eigenvalue weighted by Crippen LogP contribution is -2.07. The molecule has 2 heterocycles. The molecule has 0 saturated heterocycles. The van der Waals surface area contributed by atoms with Gasteiger partial charge < -0.3 is 4.74 Å². The van der Waals surface area contributed by atoms with E-state index in [1.54, 1.807) is 11.3 Å². The molecule has 0 saturated carbocycles. The van der Waals surface area contributed by atoms with Gasteiger partial charge in [-0.1, -0.05) is 20.8 Å². The first-order valence-electron chi connectivity index (χ1n) is 4.85. The number of aliphatic imine (C=N–C) groups is 1. The molecule has 0 radical (unpaired) electrons. The van der Waals surface area contributed by atoms with Gasteiger partial charge in [-0.2, -0.15) is 0 Å². The first kappa shape index (κ1) is 9.71. The zero-order valence-corrected chi connectivity index (χ0v) is 9.65. The minimum Gasteiger partial charge on any atom is -0.475 e. The molecule has 1 aliphatic heterocycles. The van der Waals surface area contributed by atoms with Crippen molar-refractivity contribution in [1.29, 1.82) is 0 Å². The fraction of sp³-hybridized carbons (Fsp3) is 0.545. The molecule has 1 aliphatic rings. The highest BCUT2D eigenvalue weighted by atomic mass is 32.1. The zero-order valence-electron chi connectivity index (χ0n) is 8.83. The van der Waals surface area contributed by atoms with Gasteiger partial charge in [0, 0.05) is 4.88 Å². The largest absolute Gasteiger partial charge is 0.475 e. The van der Waals surface area contributed by atoms with Crippen molar-refractivity contribution in [1.82, 2.24) is 0 Å². The Bertz CT molecular complexity index is 360. The summed E-state index contributed by atoms with van der Waals surface area (Å²) < 4.78 is 5.43. The zero-order chi connectivity index (χ0) is 10.2. The van der Waals surface area contributed by atoms with E-state index in [1.807, 2.05) is 0 Å². The fourth-order valence-electron chi connectivity index (χ4n) is 1.34. The van der Waals surface area contributed by atoms with E-state index in [9.17, 15) is 0 Å². The van der Waals surface area contributed by atoms with Crippen molar-refractivity contribution in [3.8, 4) is 0 Å². The summed E-state index contributed by atoms with van der Waals surface area (Å²) >= 11 is 1.78. The third-order valence-electron chi connectivity index (χ3n) is 2.14. The maximum atomic E-state index is 5.43. The highest BCUT2D eigenvalue weighted by molar-refractivity contribution is 7.14. The topological polar surface area (TPSA) is 21.6 Å². The van der Waals surface area contributed by atoms with Crippen LogP contribution < -0.4 is 0 Å². The number of thiophene rings is 1. The monoisotopic (exact) mass is 209 g/mol. The van der Waals surface area contributed by atoms with Crippen LogP contribution in [0.5, 0.6) is 0 Å². The lowest BCUT2D eigenvalue weighted by atomic mass is 9.95. The van der Waals surface area contributed by atoms with Gasteiger partial charge in [-0.15, -0.1) is 11.3 Å². The number of rotatable bonds is 1. The second kappa shape index (κ2) is 3.39. The smallest absolute Gasteiger partial charge is 0.226 e. The SMILES string of the molecule is CC(C)(C)c1ccc(C2=NCCO2)s1. The van der Waals surface area contributed by atoms with Crippen LogP contribution in [-0.2, 0) is 10.2 Å². The molecule has 14 heavy (non-hydrogen) atoms. The van der Waals surface area contributed by atoms with Crippen LogP contribution in [0.4, 0.5) is 0 Å². The van der Waals surface area contributed by atoms with Gasteiger partial charge in [-0.25, -0.2) is 4.99 Å².